The number of hydrogen-bond donors (Lipinski definition) is 2. The fourth-order valence-corrected chi connectivity index (χ4v) is 2.94. The lowest BCUT2D eigenvalue weighted by atomic mass is 10.3. The van der Waals surface area contributed by atoms with E-state index in [0.717, 1.165) is 44.8 Å². The van der Waals surface area contributed by atoms with Crippen LogP contribution in [0.3, 0.4) is 0 Å². The van der Waals surface area contributed by atoms with Gasteiger partial charge in [0.05, 0.1) is 22.8 Å². The van der Waals surface area contributed by atoms with Gasteiger partial charge in [-0.05, 0) is 72.8 Å². The lowest BCUT2D eigenvalue weighted by Gasteiger charge is -1.86. The van der Waals surface area contributed by atoms with E-state index in [2.05, 4.69) is 50.3 Å². The standard InChI is InChI=1S/C20H14N4.Al.3ClH/c1-2-14-10-16-5-6-18(23-16)12-20-8-7-19(24-20)11-17-4-3-15(22-17)9-13(1)21-14;;;;/h1-12,21-22H;;3*1H/q;+3;;;/p-3. The summed E-state index contributed by atoms with van der Waals surface area (Å²) in [5, 5.41) is 0. The molecule has 2 aliphatic rings. The summed E-state index contributed by atoms with van der Waals surface area (Å²) in [7, 11) is 14.8. The number of nitrogens with one attached hydrogen (secondary N) is 2. The zero-order valence-corrected chi connectivity index (χ0v) is 18.0. The van der Waals surface area contributed by atoms with E-state index < -0.39 is 11.4 Å². The molecule has 0 saturated carbocycles. The molecule has 0 radical (unpaired) electrons. The molecule has 5 rings (SSSR count). The van der Waals surface area contributed by atoms with Crippen molar-refractivity contribution in [1.29, 1.82) is 0 Å². The molecule has 8 bridgehead atoms. The Morgan fingerprint density at radius 2 is 0.857 bits per heavy atom. The van der Waals surface area contributed by atoms with Crippen LogP contribution in [0.4, 0.5) is 0 Å². The summed E-state index contributed by atoms with van der Waals surface area (Å²) in [5.74, 6) is 0. The highest BCUT2D eigenvalue weighted by atomic mass is 35.8. The molecule has 8 heteroatoms. The van der Waals surface area contributed by atoms with Gasteiger partial charge >= 0.3 is 11.4 Å². The van der Waals surface area contributed by atoms with Crippen molar-refractivity contribution in [2.75, 3.05) is 0 Å². The van der Waals surface area contributed by atoms with E-state index in [1.807, 2.05) is 42.5 Å². The van der Waals surface area contributed by atoms with E-state index in [1.54, 1.807) is 0 Å². The average Bonchev–Trinajstić information content (AvgIpc) is 3.39. The first-order chi connectivity index (χ1) is 13.5. The van der Waals surface area contributed by atoms with Crippen molar-refractivity contribution in [3.63, 3.8) is 0 Å². The number of nitrogens with zero attached hydrogens (tertiary/aromatic N) is 2. The number of rotatable bonds is 0. The number of aromatic nitrogens is 4. The summed E-state index contributed by atoms with van der Waals surface area (Å²) < 4.78 is 0. The molecular weight excluding hydrogens is 430 g/mol. The Hall–Kier alpha value is -2.00. The third kappa shape index (κ3) is 5.08. The number of halogens is 3. The average molecular weight is 444 g/mol. The maximum absolute atomic E-state index is 4.94. The molecule has 138 valence electrons. The summed E-state index contributed by atoms with van der Waals surface area (Å²) in [4.78, 5) is 16.0. The lowest BCUT2D eigenvalue weighted by Crippen LogP contribution is -1.77. The summed E-state index contributed by atoms with van der Waals surface area (Å²) in [5.41, 5.74) is 7.86. The highest BCUT2D eigenvalue weighted by Gasteiger charge is 2.02. The van der Waals surface area contributed by atoms with Gasteiger partial charge in [0.25, 0.3) is 0 Å². The molecule has 0 unspecified atom stereocenters. The van der Waals surface area contributed by atoms with Crippen LogP contribution in [0.5, 0.6) is 0 Å². The fourth-order valence-electron chi connectivity index (χ4n) is 2.94. The number of H-pyrrole nitrogens is 2. The van der Waals surface area contributed by atoms with Crippen molar-refractivity contribution in [1.82, 2.24) is 19.9 Å². The van der Waals surface area contributed by atoms with Crippen LogP contribution in [0.1, 0.15) is 22.8 Å². The second-order valence-electron chi connectivity index (χ2n) is 6.15. The van der Waals surface area contributed by atoms with Crippen LogP contribution in [-0.4, -0.2) is 31.3 Å². The molecule has 0 spiro atoms. The quantitative estimate of drug-likeness (QED) is 0.274. The summed E-state index contributed by atoms with van der Waals surface area (Å²) in [6.45, 7) is 0. The van der Waals surface area contributed by atoms with Crippen molar-refractivity contribution in [2.24, 2.45) is 0 Å². The van der Waals surface area contributed by atoms with E-state index in [1.165, 1.54) is 0 Å². The van der Waals surface area contributed by atoms with E-state index in [0.29, 0.717) is 0 Å². The molecule has 28 heavy (non-hydrogen) atoms. The van der Waals surface area contributed by atoms with Crippen molar-refractivity contribution >= 4 is 87.9 Å². The zero-order valence-electron chi connectivity index (χ0n) is 14.5. The molecule has 3 aromatic rings. The molecular formula is C20H14AlCl3N4. The first-order valence-corrected chi connectivity index (χ1v) is 13.7. The molecule has 0 aromatic carbocycles. The van der Waals surface area contributed by atoms with Crippen LogP contribution in [-0.2, 0) is 0 Å². The van der Waals surface area contributed by atoms with Crippen LogP contribution >= 0.6 is 30.1 Å². The minimum atomic E-state index is -1.72. The largest absolute Gasteiger partial charge is 0.643 e. The van der Waals surface area contributed by atoms with E-state index in [9.17, 15) is 0 Å². The maximum atomic E-state index is 4.94. The Morgan fingerprint density at radius 1 is 0.536 bits per heavy atom. The van der Waals surface area contributed by atoms with Crippen molar-refractivity contribution < 1.29 is 0 Å². The van der Waals surface area contributed by atoms with Gasteiger partial charge in [0, 0.05) is 22.1 Å². The van der Waals surface area contributed by atoms with E-state index in [-0.39, 0.29) is 0 Å². The van der Waals surface area contributed by atoms with E-state index in [4.69, 9.17) is 30.1 Å². The van der Waals surface area contributed by atoms with Crippen LogP contribution < -0.4 is 0 Å². The topological polar surface area (TPSA) is 57.4 Å². The minimum absolute atomic E-state index is 0.915. The third-order valence-corrected chi connectivity index (χ3v) is 4.04. The van der Waals surface area contributed by atoms with Gasteiger partial charge in [0.15, 0.2) is 0 Å². The molecule has 4 nitrogen and oxygen atoms in total. The Balaban J connectivity index is 0.000000442. The molecule has 0 amide bonds. The van der Waals surface area contributed by atoms with Crippen LogP contribution in [0, 0.1) is 0 Å². The Bertz CT molecular complexity index is 1130. The number of fused-ring (bicyclic) bond motifs is 8. The fraction of sp³-hybridized carbons (Fsp3) is 0. The van der Waals surface area contributed by atoms with Gasteiger partial charge in [0.1, 0.15) is 0 Å². The predicted octanol–water partition coefficient (Wildman–Crippen LogP) is 6.34. The molecule has 0 saturated heterocycles. The van der Waals surface area contributed by atoms with Crippen molar-refractivity contribution in [3.05, 3.63) is 71.3 Å². The highest BCUT2D eigenvalue weighted by Crippen LogP contribution is 2.17. The number of hydrogen-bond acceptors (Lipinski definition) is 2. The maximum Gasteiger partial charge on any atom is 0.643 e. The van der Waals surface area contributed by atoms with Crippen LogP contribution in [0.15, 0.2) is 48.5 Å². The lowest BCUT2D eigenvalue weighted by molar-refractivity contribution is 1.28. The van der Waals surface area contributed by atoms with Gasteiger partial charge in [-0.1, -0.05) is 0 Å². The predicted molar refractivity (Wildman–Crippen MR) is 122 cm³/mol. The third-order valence-electron chi connectivity index (χ3n) is 4.04. The Morgan fingerprint density at radius 3 is 1.25 bits per heavy atom. The monoisotopic (exact) mass is 442 g/mol. The Kier molecular flexibility index (Phi) is 5.91. The van der Waals surface area contributed by atoms with Crippen molar-refractivity contribution in [3.8, 4) is 0 Å². The first kappa shape index (κ1) is 19.3. The van der Waals surface area contributed by atoms with Gasteiger partial charge in [0.2, 0.25) is 0 Å². The smallest absolute Gasteiger partial charge is 0.355 e. The van der Waals surface area contributed by atoms with Gasteiger partial charge in [-0.15, -0.1) is 0 Å². The van der Waals surface area contributed by atoms with Gasteiger partial charge in [-0.25, -0.2) is 40.1 Å². The Labute approximate surface area is 178 Å². The molecule has 0 aliphatic carbocycles. The second kappa shape index (κ2) is 8.57. The summed E-state index contributed by atoms with van der Waals surface area (Å²) in [6.07, 6.45) is 8.05. The highest BCUT2D eigenvalue weighted by molar-refractivity contribution is 7.54. The molecule has 3 aromatic heterocycles. The van der Waals surface area contributed by atoms with Gasteiger partial charge < -0.3 is 9.97 Å². The van der Waals surface area contributed by atoms with E-state index >= 15 is 0 Å². The van der Waals surface area contributed by atoms with Crippen LogP contribution in [0.25, 0.3) is 46.4 Å². The normalized spacial score (nSPS) is 11.8. The van der Waals surface area contributed by atoms with Crippen LogP contribution in [0.2, 0.25) is 0 Å². The van der Waals surface area contributed by atoms with Gasteiger partial charge in [-0.3, -0.25) is 0 Å². The first-order valence-electron chi connectivity index (χ1n) is 8.50. The molecule has 2 aliphatic heterocycles. The molecule has 0 atom stereocenters. The van der Waals surface area contributed by atoms with Gasteiger partial charge in [-0.2, -0.15) is 0 Å². The zero-order chi connectivity index (χ0) is 19.5. The van der Waals surface area contributed by atoms with Crippen molar-refractivity contribution in [2.45, 2.75) is 0 Å². The molecule has 0 fully saturated rings. The minimum Gasteiger partial charge on any atom is -0.355 e. The summed E-state index contributed by atoms with van der Waals surface area (Å²) >= 11 is -1.72. The summed E-state index contributed by atoms with van der Waals surface area (Å²) in [6, 6.07) is 16.4. The molecule has 5 heterocycles. The molecule has 2 N–H and O–H groups in total. The number of aromatic amines is 2. The second-order valence-corrected chi connectivity index (χ2v) is 12.6. The SMILES string of the molecule is C1=Cc2cc3ccc(cc4ccc(cc5nc(cc1n2)C=C5)[nH]4)[nH]3.[Cl][Al]([Cl])[Cl].